The standard InChI is InChI=1S/C28H48N2O/c1-27-12-10-21(29-14-6-7-15-29)18-20(27)8-9-22-23(27)11-13-28(2)24(22)19-25(26(28)31)30-16-4-3-5-17-30/h20-26,31H,3-19H2,1-2H3/t20-,21-,22+,23-,24-,25-,26-,27-,28-/m0/s1. The van der Waals surface area contributed by atoms with Crippen molar-refractivity contribution in [3.8, 4) is 0 Å². The zero-order valence-corrected chi connectivity index (χ0v) is 20.4. The molecule has 0 bridgehead atoms. The number of aliphatic hydroxyl groups is 1. The SMILES string of the molecule is C[C@]12CC[C@H](N3CCCC3)C[C@@H]1CC[C@@H]1[C@@H]2CC[C@]2(C)[C@@H](O)[C@@H](N3CCCCC3)C[C@@H]12. The van der Waals surface area contributed by atoms with E-state index in [2.05, 4.69) is 23.6 Å². The average molecular weight is 429 g/mol. The Bertz CT molecular complexity index is 655. The van der Waals surface area contributed by atoms with Gasteiger partial charge in [0.1, 0.15) is 0 Å². The Labute approximate surface area is 191 Å². The Morgan fingerprint density at radius 2 is 1.35 bits per heavy atom. The maximum Gasteiger partial charge on any atom is 0.0751 e. The fraction of sp³-hybridized carbons (Fsp3) is 1.00. The minimum Gasteiger partial charge on any atom is -0.391 e. The number of likely N-dealkylation sites (tertiary alicyclic amines) is 2. The van der Waals surface area contributed by atoms with Crippen molar-refractivity contribution in [2.24, 2.45) is 34.5 Å². The molecule has 6 fully saturated rings. The van der Waals surface area contributed by atoms with Gasteiger partial charge >= 0.3 is 0 Å². The Hall–Kier alpha value is -0.120. The summed E-state index contributed by atoms with van der Waals surface area (Å²) in [5, 5.41) is 11.6. The van der Waals surface area contributed by atoms with E-state index in [1.165, 1.54) is 110 Å². The van der Waals surface area contributed by atoms with Crippen LogP contribution in [-0.4, -0.2) is 59.3 Å². The first-order valence-corrected chi connectivity index (χ1v) is 14.2. The summed E-state index contributed by atoms with van der Waals surface area (Å²) in [7, 11) is 0. The highest BCUT2D eigenvalue weighted by Gasteiger charge is 2.62. The molecule has 2 aliphatic heterocycles. The number of aliphatic hydroxyl groups excluding tert-OH is 1. The third-order valence-electron chi connectivity index (χ3n) is 12.1. The second-order valence-electron chi connectivity index (χ2n) is 13.2. The van der Waals surface area contributed by atoms with Crippen molar-refractivity contribution < 1.29 is 5.11 Å². The molecular weight excluding hydrogens is 380 g/mol. The number of fused-ring (bicyclic) bond motifs is 5. The van der Waals surface area contributed by atoms with E-state index in [0.29, 0.717) is 11.5 Å². The predicted octanol–water partition coefficient (Wildman–Crippen LogP) is 5.32. The lowest BCUT2D eigenvalue weighted by molar-refractivity contribution is -0.130. The van der Waals surface area contributed by atoms with E-state index in [1.54, 1.807) is 0 Å². The van der Waals surface area contributed by atoms with Gasteiger partial charge < -0.3 is 10.0 Å². The summed E-state index contributed by atoms with van der Waals surface area (Å²) in [6, 6.07) is 1.34. The van der Waals surface area contributed by atoms with Crippen molar-refractivity contribution in [3.05, 3.63) is 0 Å². The van der Waals surface area contributed by atoms with Gasteiger partial charge in [-0.05, 0) is 138 Å². The molecule has 0 amide bonds. The summed E-state index contributed by atoms with van der Waals surface area (Å²) in [5.74, 6) is 3.54. The van der Waals surface area contributed by atoms with Crippen LogP contribution in [-0.2, 0) is 0 Å². The van der Waals surface area contributed by atoms with E-state index in [4.69, 9.17) is 0 Å². The molecule has 4 saturated carbocycles. The topological polar surface area (TPSA) is 26.7 Å². The van der Waals surface area contributed by atoms with Crippen molar-refractivity contribution in [2.75, 3.05) is 26.2 Å². The molecule has 0 aromatic rings. The molecular formula is C28H48N2O. The highest BCUT2D eigenvalue weighted by molar-refractivity contribution is 5.13. The maximum atomic E-state index is 11.6. The minimum absolute atomic E-state index is 0.0898. The van der Waals surface area contributed by atoms with E-state index < -0.39 is 0 Å². The number of hydrogen-bond acceptors (Lipinski definition) is 3. The molecule has 2 heterocycles. The molecule has 1 N–H and O–H groups in total. The molecule has 6 rings (SSSR count). The number of piperidine rings is 1. The van der Waals surface area contributed by atoms with Gasteiger partial charge in [0.15, 0.2) is 0 Å². The minimum atomic E-state index is -0.0898. The fourth-order valence-corrected chi connectivity index (χ4v) is 10.3. The molecule has 0 aromatic heterocycles. The van der Waals surface area contributed by atoms with E-state index >= 15 is 0 Å². The zero-order valence-electron chi connectivity index (χ0n) is 20.4. The van der Waals surface area contributed by atoms with Crippen molar-refractivity contribution >= 4 is 0 Å². The first-order chi connectivity index (χ1) is 15.0. The summed E-state index contributed by atoms with van der Waals surface area (Å²) < 4.78 is 0. The Morgan fingerprint density at radius 3 is 2.13 bits per heavy atom. The van der Waals surface area contributed by atoms with Crippen LogP contribution in [0.4, 0.5) is 0 Å². The summed E-state index contributed by atoms with van der Waals surface area (Å²) in [4.78, 5) is 5.54. The van der Waals surface area contributed by atoms with Crippen LogP contribution in [0.3, 0.4) is 0 Å². The van der Waals surface area contributed by atoms with Crippen molar-refractivity contribution in [1.29, 1.82) is 0 Å². The van der Waals surface area contributed by atoms with E-state index in [0.717, 1.165) is 29.7 Å². The molecule has 0 spiro atoms. The van der Waals surface area contributed by atoms with E-state index in [9.17, 15) is 5.11 Å². The normalized spacial score (nSPS) is 53.7. The van der Waals surface area contributed by atoms with Gasteiger partial charge in [0.25, 0.3) is 0 Å². The van der Waals surface area contributed by atoms with E-state index in [1.807, 2.05) is 0 Å². The molecule has 0 radical (unpaired) electrons. The van der Waals surface area contributed by atoms with Crippen LogP contribution >= 0.6 is 0 Å². The molecule has 3 nitrogen and oxygen atoms in total. The molecule has 4 aliphatic carbocycles. The van der Waals surface area contributed by atoms with Crippen LogP contribution in [0.2, 0.25) is 0 Å². The van der Waals surface area contributed by atoms with Gasteiger partial charge in [-0.3, -0.25) is 4.90 Å². The molecule has 176 valence electrons. The number of rotatable bonds is 2. The lowest BCUT2D eigenvalue weighted by Gasteiger charge is -2.61. The van der Waals surface area contributed by atoms with Crippen LogP contribution < -0.4 is 0 Å². The molecule has 6 aliphatic rings. The third-order valence-corrected chi connectivity index (χ3v) is 12.1. The van der Waals surface area contributed by atoms with Gasteiger partial charge in [0.05, 0.1) is 6.10 Å². The molecule has 0 unspecified atom stereocenters. The monoisotopic (exact) mass is 428 g/mol. The van der Waals surface area contributed by atoms with Crippen molar-refractivity contribution in [3.63, 3.8) is 0 Å². The van der Waals surface area contributed by atoms with Crippen LogP contribution in [0, 0.1) is 34.5 Å². The van der Waals surface area contributed by atoms with Gasteiger partial charge in [-0.2, -0.15) is 0 Å². The van der Waals surface area contributed by atoms with E-state index in [-0.39, 0.29) is 11.5 Å². The highest BCUT2D eigenvalue weighted by Crippen LogP contribution is 2.66. The zero-order chi connectivity index (χ0) is 21.2. The number of nitrogens with zero attached hydrogens (tertiary/aromatic N) is 2. The lowest BCUT2D eigenvalue weighted by atomic mass is 9.45. The maximum absolute atomic E-state index is 11.6. The Kier molecular flexibility index (Phi) is 5.51. The first-order valence-electron chi connectivity index (χ1n) is 14.2. The van der Waals surface area contributed by atoms with Gasteiger partial charge in [-0.25, -0.2) is 0 Å². The van der Waals surface area contributed by atoms with Crippen LogP contribution in [0.15, 0.2) is 0 Å². The van der Waals surface area contributed by atoms with Gasteiger partial charge in [-0.15, -0.1) is 0 Å². The fourth-order valence-electron chi connectivity index (χ4n) is 10.3. The molecule has 31 heavy (non-hydrogen) atoms. The second-order valence-corrected chi connectivity index (χ2v) is 13.2. The van der Waals surface area contributed by atoms with Crippen LogP contribution in [0.25, 0.3) is 0 Å². The first kappa shape index (κ1) is 21.4. The summed E-state index contributed by atoms with van der Waals surface area (Å²) in [5.41, 5.74) is 0.758. The molecule has 9 atom stereocenters. The molecule has 2 saturated heterocycles. The third kappa shape index (κ3) is 3.30. The lowest BCUT2D eigenvalue weighted by Crippen LogP contribution is -2.56. The molecule has 3 heteroatoms. The smallest absolute Gasteiger partial charge is 0.0751 e. The van der Waals surface area contributed by atoms with Crippen molar-refractivity contribution in [1.82, 2.24) is 9.80 Å². The van der Waals surface area contributed by atoms with Crippen molar-refractivity contribution in [2.45, 2.75) is 116 Å². The Balaban J connectivity index is 1.20. The quantitative estimate of drug-likeness (QED) is 0.645. The van der Waals surface area contributed by atoms with Crippen LogP contribution in [0.1, 0.15) is 97.3 Å². The van der Waals surface area contributed by atoms with Gasteiger partial charge in [0.2, 0.25) is 0 Å². The summed E-state index contributed by atoms with van der Waals surface area (Å²) in [6.45, 7) is 10.4. The van der Waals surface area contributed by atoms with Gasteiger partial charge in [0, 0.05) is 12.1 Å². The largest absolute Gasteiger partial charge is 0.391 e. The summed E-state index contributed by atoms with van der Waals surface area (Å²) in [6.07, 6.45) is 18.2. The highest BCUT2D eigenvalue weighted by atomic mass is 16.3. The Morgan fingerprint density at radius 1 is 0.677 bits per heavy atom. The van der Waals surface area contributed by atoms with Gasteiger partial charge in [-0.1, -0.05) is 20.3 Å². The number of hydrogen-bond donors (Lipinski definition) is 1. The summed E-state index contributed by atoms with van der Waals surface area (Å²) >= 11 is 0. The molecule has 0 aromatic carbocycles. The second kappa shape index (κ2) is 7.98. The predicted molar refractivity (Wildman–Crippen MR) is 127 cm³/mol. The average Bonchev–Trinajstić information content (AvgIpc) is 3.41. The van der Waals surface area contributed by atoms with Crippen LogP contribution in [0.5, 0.6) is 0 Å².